The summed E-state index contributed by atoms with van der Waals surface area (Å²) in [5.41, 5.74) is 5.64. The van der Waals surface area contributed by atoms with E-state index in [-0.39, 0.29) is 17.6 Å². The van der Waals surface area contributed by atoms with Crippen molar-refractivity contribution in [3.63, 3.8) is 0 Å². The molecule has 0 saturated heterocycles. The molecule has 0 saturated carbocycles. The lowest BCUT2D eigenvalue weighted by atomic mass is 9.91. The average Bonchev–Trinajstić information content (AvgIpc) is 2.87. The molecule has 0 heterocycles. The number of carbonyl (C=O) groups is 2. The molecule has 0 fully saturated rings. The van der Waals surface area contributed by atoms with Crippen molar-refractivity contribution in [1.82, 2.24) is 0 Å². The highest BCUT2D eigenvalue weighted by Gasteiger charge is 2.17. The van der Waals surface area contributed by atoms with Gasteiger partial charge in [0.15, 0.2) is 0 Å². The Hall–Kier alpha value is -3.40. The van der Waals surface area contributed by atoms with E-state index in [0.29, 0.717) is 11.5 Å². The van der Waals surface area contributed by atoms with Gasteiger partial charge in [0, 0.05) is 0 Å². The van der Waals surface area contributed by atoms with E-state index in [2.05, 4.69) is 45.0 Å². The van der Waals surface area contributed by atoms with Crippen LogP contribution in [0.25, 0.3) is 22.3 Å². The molecule has 0 spiro atoms. The first-order valence-corrected chi connectivity index (χ1v) is 12.6. The second-order valence-corrected chi connectivity index (χ2v) is 9.22. The third-order valence-electron chi connectivity index (χ3n) is 6.63. The largest absolute Gasteiger partial charge is 0.478 e. The van der Waals surface area contributed by atoms with E-state index in [1.807, 2.05) is 25.1 Å². The van der Waals surface area contributed by atoms with Gasteiger partial charge in [-0.3, -0.25) is 0 Å². The molecule has 0 bridgehead atoms. The van der Waals surface area contributed by atoms with Crippen LogP contribution in [-0.2, 0) is 11.2 Å². The van der Waals surface area contributed by atoms with Gasteiger partial charge in [0.2, 0.25) is 0 Å². The Kier molecular flexibility index (Phi) is 9.25. The van der Waals surface area contributed by atoms with Gasteiger partial charge in [0.1, 0.15) is 0 Å². The van der Waals surface area contributed by atoms with Gasteiger partial charge in [-0.1, -0.05) is 82.5 Å². The minimum Gasteiger partial charge on any atom is -0.478 e. The Morgan fingerprint density at radius 1 is 0.800 bits per heavy atom. The molecule has 4 heteroatoms. The maximum atomic E-state index is 12.7. The second-order valence-electron chi connectivity index (χ2n) is 9.22. The Labute approximate surface area is 209 Å². The van der Waals surface area contributed by atoms with Crippen molar-refractivity contribution in [1.29, 1.82) is 0 Å². The van der Waals surface area contributed by atoms with Crippen LogP contribution in [-0.4, -0.2) is 23.1 Å². The van der Waals surface area contributed by atoms with Crippen molar-refractivity contribution in [3.05, 3.63) is 83.4 Å². The predicted octanol–water partition coefficient (Wildman–Crippen LogP) is 8.04. The summed E-state index contributed by atoms with van der Waals surface area (Å²) in [5.74, 6) is -0.750. The number of carbonyl (C=O) groups excluding carboxylic acids is 1. The first-order valence-electron chi connectivity index (χ1n) is 12.6. The minimum absolute atomic E-state index is 0.137. The van der Waals surface area contributed by atoms with E-state index in [1.54, 1.807) is 24.3 Å². The number of benzene rings is 3. The molecule has 0 radical (unpaired) electrons. The lowest BCUT2D eigenvalue weighted by Crippen LogP contribution is -2.18. The molecular weight excluding hydrogens is 436 g/mol. The van der Waals surface area contributed by atoms with Crippen molar-refractivity contribution >= 4 is 11.9 Å². The van der Waals surface area contributed by atoms with Crippen LogP contribution in [0.15, 0.2) is 66.7 Å². The number of ether oxygens (including phenoxy) is 1. The molecular formula is C31H36O4. The van der Waals surface area contributed by atoms with E-state index < -0.39 is 5.97 Å². The fraction of sp³-hybridized carbons (Fsp3) is 0.355. The Morgan fingerprint density at radius 2 is 1.37 bits per heavy atom. The van der Waals surface area contributed by atoms with Gasteiger partial charge in [-0.05, 0) is 77.8 Å². The monoisotopic (exact) mass is 472 g/mol. The van der Waals surface area contributed by atoms with Gasteiger partial charge < -0.3 is 9.84 Å². The normalized spacial score (nSPS) is 11.9. The zero-order chi connectivity index (χ0) is 25.4. The minimum atomic E-state index is -0.970. The summed E-state index contributed by atoms with van der Waals surface area (Å²) < 4.78 is 5.67. The molecule has 0 aromatic heterocycles. The fourth-order valence-corrected chi connectivity index (χ4v) is 4.48. The van der Waals surface area contributed by atoms with Crippen molar-refractivity contribution in [3.8, 4) is 22.3 Å². The van der Waals surface area contributed by atoms with Gasteiger partial charge >= 0.3 is 11.9 Å². The van der Waals surface area contributed by atoms with Crippen LogP contribution in [0.1, 0.15) is 79.7 Å². The summed E-state index contributed by atoms with van der Waals surface area (Å²) in [4.78, 5) is 24.3. The summed E-state index contributed by atoms with van der Waals surface area (Å²) in [6.07, 6.45) is 4.99. The number of aryl methyl sites for hydroxylation is 1. The molecule has 0 amide bonds. The van der Waals surface area contributed by atoms with Crippen molar-refractivity contribution < 1.29 is 19.4 Å². The predicted molar refractivity (Wildman–Crippen MR) is 142 cm³/mol. The summed E-state index contributed by atoms with van der Waals surface area (Å²) >= 11 is 0. The summed E-state index contributed by atoms with van der Waals surface area (Å²) in [5, 5.41) is 9.55. The molecule has 35 heavy (non-hydrogen) atoms. The third kappa shape index (κ3) is 6.82. The Bertz CT molecular complexity index is 1130. The van der Waals surface area contributed by atoms with Crippen molar-refractivity contribution in [2.45, 2.75) is 65.9 Å². The van der Waals surface area contributed by atoms with Crippen LogP contribution >= 0.6 is 0 Å². The van der Waals surface area contributed by atoms with Crippen LogP contribution in [0.3, 0.4) is 0 Å². The number of aromatic carboxylic acids is 1. The van der Waals surface area contributed by atoms with E-state index in [9.17, 15) is 14.7 Å². The maximum absolute atomic E-state index is 12.7. The van der Waals surface area contributed by atoms with Crippen LogP contribution in [0.5, 0.6) is 0 Å². The zero-order valence-corrected chi connectivity index (χ0v) is 21.2. The van der Waals surface area contributed by atoms with Gasteiger partial charge in [-0.2, -0.15) is 0 Å². The van der Waals surface area contributed by atoms with Gasteiger partial charge in [-0.25, -0.2) is 9.59 Å². The van der Waals surface area contributed by atoms with Crippen molar-refractivity contribution in [2.75, 3.05) is 0 Å². The molecule has 1 N–H and O–H groups in total. The first kappa shape index (κ1) is 26.2. The quantitative estimate of drug-likeness (QED) is 0.287. The molecule has 3 aromatic rings. The highest BCUT2D eigenvalue weighted by Crippen LogP contribution is 2.34. The molecule has 3 rings (SSSR count). The van der Waals surface area contributed by atoms with E-state index in [0.717, 1.165) is 54.4 Å². The van der Waals surface area contributed by atoms with Gasteiger partial charge in [0.25, 0.3) is 0 Å². The second kappa shape index (κ2) is 12.3. The number of hydrogen-bond donors (Lipinski definition) is 1. The summed E-state index contributed by atoms with van der Waals surface area (Å²) in [7, 11) is 0. The highest BCUT2D eigenvalue weighted by molar-refractivity contribution is 5.94. The Balaban J connectivity index is 1.87. The highest BCUT2D eigenvalue weighted by atomic mass is 16.5. The smallest absolute Gasteiger partial charge is 0.338 e. The number of rotatable bonds is 11. The number of carboxylic acids is 1. The van der Waals surface area contributed by atoms with Gasteiger partial charge in [-0.15, -0.1) is 0 Å². The number of hydrogen-bond acceptors (Lipinski definition) is 3. The maximum Gasteiger partial charge on any atom is 0.338 e. The molecule has 0 aliphatic rings. The molecule has 0 aliphatic carbocycles. The van der Waals surface area contributed by atoms with Gasteiger partial charge in [0.05, 0.1) is 17.2 Å². The lowest BCUT2D eigenvalue weighted by Gasteiger charge is -2.19. The van der Waals surface area contributed by atoms with Crippen LogP contribution in [0.2, 0.25) is 0 Å². The average molecular weight is 473 g/mol. The van der Waals surface area contributed by atoms with Crippen LogP contribution in [0, 0.1) is 5.92 Å². The first-order chi connectivity index (χ1) is 16.9. The van der Waals surface area contributed by atoms with E-state index in [4.69, 9.17) is 4.74 Å². The topological polar surface area (TPSA) is 63.6 Å². The number of carboxylic acid groups (broad SMARTS) is 1. The SMILES string of the molecule is CCCc1ccc(-c2ccc(C(=O)O)cc2-c2ccc(C(=O)O[C@H](C)CC(CC)CC)cc2)cc1. The molecule has 184 valence electrons. The zero-order valence-electron chi connectivity index (χ0n) is 21.2. The summed E-state index contributed by atoms with van der Waals surface area (Å²) in [6.45, 7) is 8.42. The Morgan fingerprint density at radius 3 is 1.94 bits per heavy atom. The molecule has 0 unspecified atom stereocenters. The van der Waals surface area contributed by atoms with E-state index >= 15 is 0 Å². The molecule has 3 aromatic carbocycles. The fourth-order valence-electron chi connectivity index (χ4n) is 4.48. The molecule has 1 atom stereocenters. The lowest BCUT2D eigenvalue weighted by molar-refractivity contribution is 0.0285. The standard InChI is InChI=1S/C31H36O4/c1-5-8-23-9-11-24(12-10-23)28-18-17-27(30(32)33)20-29(28)25-13-15-26(16-14-25)31(34)35-21(4)19-22(6-2)7-3/h9-18,20-22H,5-8,19H2,1-4H3,(H,32,33)/t21-/m1/s1. The van der Waals surface area contributed by atoms with Crippen LogP contribution < -0.4 is 0 Å². The molecule has 4 nitrogen and oxygen atoms in total. The van der Waals surface area contributed by atoms with Crippen LogP contribution in [0.4, 0.5) is 0 Å². The van der Waals surface area contributed by atoms with E-state index in [1.165, 1.54) is 5.56 Å². The van der Waals surface area contributed by atoms with Crippen molar-refractivity contribution in [2.24, 2.45) is 5.92 Å². The summed E-state index contributed by atoms with van der Waals surface area (Å²) in [6, 6.07) is 20.8. The molecule has 0 aliphatic heterocycles. The number of esters is 1. The third-order valence-corrected chi connectivity index (χ3v) is 6.63.